The van der Waals surface area contributed by atoms with Gasteiger partial charge in [0.2, 0.25) is 0 Å². The molecule has 0 aromatic heterocycles. The van der Waals surface area contributed by atoms with E-state index in [0.29, 0.717) is 5.75 Å². The third-order valence-corrected chi connectivity index (χ3v) is 3.23. The molecule has 24 heavy (non-hydrogen) atoms. The summed E-state index contributed by atoms with van der Waals surface area (Å²) in [6, 6.07) is 12.4. The Bertz CT molecular complexity index is 704. The number of esters is 1. The van der Waals surface area contributed by atoms with E-state index in [1.165, 1.54) is 19.3 Å². The Labute approximate surface area is 141 Å². The van der Waals surface area contributed by atoms with Crippen LogP contribution in [0.15, 0.2) is 48.5 Å². The van der Waals surface area contributed by atoms with Crippen molar-refractivity contribution in [2.45, 2.75) is 6.92 Å². The predicted octanol–water partition coefficient (Wildman–Crippen LogP) is 3.34. The number of aryl methyl sites for hydroxylation is 1. The first-order valence-electron chi connectivity index (χ1n) is 7.50. The van der Waals surface area contributed by atoms with Gasteiger partial charge in [-0.15, -0.1) is 0 Å². The van der Waals surface area contributed by atoms with E-state index in [2.05, 4.69) is 0 Å². The number of rotatable bonds is 7. The van der Waals surface area contributed by atoms with Crippen LogP contribution >= 0.6 is 0 Å². The van der Waals surface area contributed by atoms with Crippen molar-refractivity contribution in [3.8, 4) is 17.2 Å². The van der Waals surface area contributed by atoms with Crippen LogP contribution in [0.4, 0.5) is 0 Å². The number of hydrogen-bond acceptors (Lipinski definition) is 5. The molecule has 0 fully saturated rings. The summed E-state index contributed by atoms with van der Waals surface area (Å²) in [5, 5.41) is 9.51. The Hall–Kier alpha value is -2.95. The molecule has 0 aliphatic rings. The lowest BCUT2D eigenvalue weighted by Gasteiger charge is -2.06. The molecule has 0 spiro atoms. The molecular formula is C19H20O5. The molecule has 5 nitrogen and oxygen atoms in total. The molecule has 0 atom stereocenters. The fourth-order valence-electron chi connectivity index (χ4n) is 1.95. The van der Waals surface area contributed by atoms with E-state index in [1.54, 1.807) is 18.2 Å². The Morgan fingerprint density at radius 3 is 2.58 bits per heavy atom. The maximum absolute atomic E-state index is 11.6. The molecular weight excluding hydrogens is 308 g/mol. The van der Waals surface area contributed by atoms with Crippen molar-refractivity contribution >= 4 is 12.0 Å². The number of phenols is 1. The van der Waals surface area contributed by atoms with Crippen molar-refractivity contribution in [1.82, 2.24) is 0 Å². The first kappa shape index (κ1) is 17.4. The van der Waals surface area contributed by atoms with Crippen molar-refractivity contribution in [1.29, 1.82) is 0 Å². The second-order valence-electron chi connectivity index (χ2n) is 5.09. The molecule has 2 rings (SSSR count). The van der Waals surface area contributed by atoms with Crippen molar-refractivity contribution in [2.75, 3.05) is 20.3 Å². The van der Waals surface area contributed by atoms with Crippen molar-refractivity contribution in [2.24, 2.45) is 0 Å². The predicted molar refractivity (Wildman–Crippen MR) is 91.3 cm³/mol. The second-order valence-corrected chi connectivity index (χ2v) is 5.09. The lowest BCUT2D eigenvalue weighted by atomic mass is 10.2. The highest BCUT2D eigenvalue weighted by Gasteiger charge is 2.02. The summed E-state index contributed by atoms with van der Waals surface area (Å²) in [6.07, 6.45) is 2.91. The summed E-state index contributed by atoms with van der Waals surface area (Å²) in [5.74, 6) is 0.667. The number of carbonyl (C=O) groups excluding carboxylic acids is 1. The van der Waals surface area contributed by atoms with Crippen molar-refractivity contribution < 1.29 is 24.1 Å². The summed E-state index contributed by atoms with van der Waals surface area (Å²) >= 11 is 0. The summed E-state index contributed by atoms with van der Waals surface area (Å²) in [4.78, 5) is 11.6. The zero-order chi connectivity index (χ0) is 17.4. The average molecular weight is 328 g/mol. The minimum absolute atomic E-state index is 0.0467. The van der Waals surface area contributed by atoms with Gasteiger partial charge in [0.25, 0.3) is 0 Å². The molecule has 1 N–H and O–H groups in total. The van der Waals surface area contributed by atoms with E-state index < -0.39 is 5.97 Å². The molecule has 0 bridgehead atoms. The van der Waals surface area contributed by atoms with E-state index >= 15 is 0 Å². The average Bonchev–Trinajstić information content (AvgIpc) is 2.59. The summed E-state index contributed by atoms with van der Waals surface area (Å²) < 4.78 is 15.5. The maximum Gasteiger partial charge on any atom is 0.330 e. The van der Waals surface area contributed by atoms with Crippen LogP contribution in [0.25, 0.3) is 6.08 Å². The molecule has 126 valence electrons. The van der Waals surface area contributed by atoms with Gasteiger partial charge in [0.15, 0.2) is 11.5 Å². The van der Waals surface area contributed by atoms with Crippen LogP contribution in [0.3, 0.4) is 0 Å². The molecule has 0 aliphatic carbocycles. The van der Waals surface area contributed by atoms with Crippen LogP contribution < -0.4 is 9.47 Å². The minimum Gasteiger partial charge on any atom is -0.504 e. The van der Waals surface area contributed by atoms with E-state index in [9.17, 15) is 9.90 Å². The van der Waals surface area contributed by atoms with Gasteiger partial charge in [0.05, 0.1) is 7.11 Å². The number of ether oxygens (including phenoxy) is 3. The van der Waals surface area contributed by atoms with Gasteiger partial charge in [-0.05, 0) is 42.8 Å². The number of carbonyl (C=O) groups is 1. The zero-order valence-corrected chi connectivity index (χ0v) is 13.7. The standard InChI is InChI=1S/C19H20O5/c1-14-3-7-16(8-4-14)23-11-12-24-19(21)10-6-15-5-9-17(20)18(13-15)22-2/h3-10,13,20H,11-12H2,1-2H3. The number of aromatic hydroxyl groups is 1. The Balaban J connectivity index is 1.75. The molecule has 0 aliphatic heterocycles. The third-order valence-electron chi connectivity index (χ3n) is 3.23. The Morgan fingerprint density at radius 2 is 1.88 bits per heavy atom. The Kier molecular flexibility index (Phi) is 6.25. The number of hydrogen-bond donors (Lipinski definition) is 1. The van der Waals surface area contributed by atoms with Crippen LogP contribution in [-0.4, -0.2) is 31.4 Å². The monoisotopic (exact) mass is 328 g/mol. The summed E-state index contributed by atoms with van der Waals surface area (Å²) in [7, 11) is 1.46. The highest BCUT2D eigenvalue weighted by atomic mass is 16.6. The maximum atomic E-state index is 11.6. The van der Waals surface area contributed by atoms with Crippen molar-refractivity contribution in [3.05, 3.63) is 59.7 Å². The smallest absolute Gasteiger partial charge is 0.330 e. The van der Waals surface area contributed by atoms with Gasteiger partial charge >= 0.3 is 5.97 Å². The normalized spacial score (nSPS) is 10.6. The quantitative estimate of drug-likeness (QED) is 0.480. The molecule has 0 amide bonds. The van der Waals surface area contributed by atoms with Crippen LogP contribution in [0, 0.1) is 6.92 Å². The van der Waals surface area contributed by atoms with Gasteiger partial charge in [0, 0.05) is 6.08 Å². The topological polar surface area (TPSA) is 65.0 Å². The van der Waals surface area contributed by atoms with Crippen LogP contribution in [0.1, 0.15) is 11.1 Å². The fourth-order valence-corrected chi connectivity index (χ4v) is 1.95. The molecule has 0 heterocycles. The van der Waals surface area contributed by atoms with Gasteiger partial charge in [-0.3, -0.25) is 0 Å². The van der Waals surface area contributed by atoms with Gasteiger partial charge in [0.1, 0.15) is 19.0 Å². The molecule has 0 unspecified atom stereocenters. The third kappa shape index (κ3) is 5.35. The molecule has 5 heteroatoms. The van der Waals surface area contributed by atoms with Gasteiger partial charge < -0.3 is 19.3 Å². The van der Waals surface area contributed by atoms with Gasteiger partial charge in [-0.25, -0.2) is 4.79 Å². The summed E-state index contributed by atoms with van der Waals surface area (Å²) in [6.45, 7) is 2.45. The van der Waals surface area contributed by atoms with E-state index in [1.807, 2.05) is 31.2 Å². The fraction of sp³-hybridized carbons (Fsp3) is 0.211. The number of benzene rings is 2. The van der Waals surface area contributed by atoms with Crippen LogP contribution in [0.2, 0.25) is 0 Å². The SMILES string of the molecule is COc1cc(C=CC(=O)OCCOc2ccc(C)cc2)ccc1O. The van der Waals surface area contributed by atoms with Crippen LogP contribution in [0.5, 0.6) is 17.2 Å². The van der Waals surface area contributed by atoms with Gasteiger partial charge in [-0.2, -0.15) is 0 Å². The van der Waals surface area contributed by atoms with Crippen molar-refractivity contribution in [3.63, 3.8) is 0 Å². The molecule has 2 aromatic carbocycles. The first-order chi connectivity index (χ1) is 11.6. The lowest BCUT2D eigenvalue weighted by Crippen LogP contribution is -2.10. The van der Waals surface area contributed by atoms with E-state index in [0.717, 1.165) is 16.9 Å². The largest absolute Gasteiger partial charge is 0.504 e. The molecule has 0 saturated carbocycles. The first-order valence-corrected chi connectivity index (χ1v) is 7.50. The van der Waals surface area contributed by atoms with Crippen LogP contribution in [-0.2, 0) is 9.53 Å². The second kappa shape index (κ2) is 8.62. The summed E-state index contributed by atoms with van der Waals surface area (Å²) in [5.41, 5.74) is 1.88. The highest BCUT2D eigenvalue weighted by Crippen LogP contribution is 2.26. The lowest BCUT2D eigenvalue weighted by molar-refractivity contribution is -0.138. The molecule has 0 radical (unpaired) electrons. The highest BCUT2D eigenvalue weighted by molar-refractivity contribution is 5.87. The number of methoxy groups -OCH3 is 1. The minimum atomic E-state index is -0.463. The van der Waals surface area contributed by atoms with E-state index in [4.69, 9.17) is 14.2 Å². The number of phenolic OH excluding ortho intramolecular Hbond substituents is 1. The molecule has 2 aromatic rings. The Morgan fingerprint density at radius 1 is 1.12 bits per heavy atom. The molecule has 0 saturated heterocycles. The van der Waals surface area contributed by atoms with Gasteiger partial charge in [-0.1, -0.05) is 23.8 Å². The zero-order valence-electron chi connectivity index (χ0n) is 13.7. The van der Waals surface area contributed by atoms with E-state index in [-0.39, 0.29) is 19.0 Å².